The number of nitrogens with two attached hydrogens (primary N) is 1. The molecule has 0 spiro atoms. The summed E-state index contributed by atoms with van der Waals surface area (Å²) in [6.45, 7) is 0. The second-order valence-electron chi connectivity index (χ2n) is 3.34. The first kappa shape index (κ1) is 16.1. The van der Waals surface area contributed by atoms with Gasteiger partial charge in [-0.05, 0) is 0 Å². The predicted octanol–water partition coefficient (Wildman–Crippen LogP) is 2.42. The SMILES string of the molecule is NS(=O)(=O)c1c(C(F)(F)F)cnc(CCl)c1C(F)F. The number of pyridine rings is 1. The highest BCUT2D eigenvalue weighted by Crippen LogP contribution is 2.39. The van der Waals surface area contributed by atoms with Crippen LogP contribution in [0.25, 0.3) is 0 Å². The zero-order valence-electron chi connectivity index (χ0n) is 8.88. The van der Waals surface area contributed by atoms with Gasteiger partial charge in [-0.15, -0.1) is 11.6 Å². The molecule has 1 rings (SSSR count). The van der Waals surface area contributed by atoms with E-state index in [1.165, 1.54) is 0 Å². The minimum absolute atomic E-state index is 0.114. The van der Waals surface area contributed by atoms with Crippen LogP contribution in [0.4, 0.5) is 22.0 Å². The minimum atomic E-state index is -5.19. The highest BCUT2D eigenvalue weighted by atomic mass is 35.5. The first-order valence-electron chi connectivity index (χ1n) is 4.46. The molecule has 0 saturated heterocycles. The van der Waals surface area contributed by atoms with Crippen LogP contribution in [-0.2, 0) is 22.1 Å². The van der Waals surface area contributed by atoms with Crippen molar-refractivity contribution in [2.45, 2.75) is 23.4 Å². The van der Waals surface area contributed by atoms with Gasteiger partial charge < -0.3 is 0 Å². The first-order valence-corrected chi connectivity index (χ1v) is 6.54. The molecule has 0 aliphatic rings. The number of aromatic nitrogens is 1. The summed E-state index contributed by atoms with van der Waals surface area (Å²) >= 11 is 5.25. The molecule has 1 heterocycles. The third-order valence-electron chi connectivity index (χ3n) is 2.08. The molecule has 0 atom stereocenters. The maximum Gasteiger partial charge on any atom is 0.419 e. The summed E-state index contributed by atoms with van der Waals surface area (Å²) < 4.78 is 85.8. The van der Waals surface area contributed by atoms with Crippen molar-refractivity contribution in [2.75, 3.05) is 0 Å². The number of rotatable bonds is 3. The fraction of sp³-hybridized carbons (Fsp3) is 0.375. The Morgan fingerprint density at radius 3 is 2.21 bits per heavy atom. The van der Waals surface area contributed by atoms with Gasteiger partial charge in [0.25, 0.3) is 6.43 Å². The van der Waals surface area contributed by atoms with Crippen molar-refractivity contribution in [3.8, 4) is 0 Å². The molecule has 19 heavy (non-hydrogen) atoms. The maximum atomic E-state index is 12.8. The van der Waals surface area contributed by atoms with Crippen LogP contribution < -0.4 is 5.14 Å². The summed E-state index contributed by atoms with van der Waals surface area (Å²) in [6, 6.07) is 0. The van der Waals surface area contributed by atoms with E-state index in [1.807, 2.05) is 0 Å². The van der Waals surface area contributed by atoms with Gasteiger partial charge in [0.2, 0.25) is 10.0 Å². The Kier molecular flexibility index (Phi) is 4.37. The lowest BCUT2D eigenvalue weighted by Crippen LogP contribution is -2.23. The van der Waals surface area contributed by atoms with E-state index >= 15 is 0 Å². The van der Waals surface area contributed by atoms with Crippen LogP contribution in [-0.4, -0.2) is 13.4 Å². The van der Waals surface area contributed by atoms with E-state index in [9.17, 15) is 30.4 Å². The van der Waals surface area contributed by atoms with Gasteiger partial charge in [-0.3, -0.25) is 4.98 Å². The first-order chi connectivity index (χ1) is 8.50. The van der Waals surface area contributed by atoms with Crippen LogP contribution in [0.1, 0.15) is 23.2 Å². The van der Waals surface area contributed by atoms with E-state index in [0.717, 1.165) is 0 Å². The normalized spacial score (nSPS) is 13.1. The number of nitrogens with zero attached hydrogens (tertiary/aromatic N) is 1. The summed E-state index contributed by atoms with van der Waals surface area (Å²) in [5.41, 5.74) is -3.94. The predicted molar refractivity (Wildman–Crippen MR) is 55.1 cm³/mol. The molecule has 2 N–H and O–H groups in total. The minimum Gasteiger partial charge on any atom is -0.259 e. The Morgan fingerprint density at radius 2 is 1.89 bits per heavy atom. The molecule has 0 aromatic carbocycles. The highest BCUT2D eigenvalue weighted by Gasteiger charge is 2.40. The highest BCUT2D eigenvalue weighted by molar-refractivity contribution is 7.89. The number of hydrogen-bond acceptors (Lipinski definition) is 3. The molecule has 0 amide bonds. The van der Waals surface area contributed by atoms with E-state index in [1.54, 1.807) is 0 Å². The third kappa shape index (κ3) is 3.31. The molecule has 108 valence electrons. The second kappa shape index (κ2) is 5.17. The summed E-state index contributed by atoms with van der Waals surface area (Å²) in [5, 5.41) is 4.58. The van der Waals surface area contributed by atoms with E-state index in [-0.39, 0.29) is 6.20 Å². The van der Waals surface area contributed by atoms with Crippen LogP contribution in [0.5, 0.6) is 0 Å². The van der Waals surface area contributed by atoms with Crippen molar-refractivity contribution in [1.82, 2.24) is 4.98 Å². The van der Waals surface area contributed by atoms with E-state index in [2.05, 4.69) is 10.1 Å². The fourth-order valence-corrected chi connectivity index (χ4v) is 2.59. The molecule has 11 heteroatoms. The molecule has 0 aliphatic heterocycles. The lowest BCUT2D eigenvalue weighted by molar-refractivity contribution is -0.140. The van der Waals surface area contributed by atoms with Gasteiger partial charge in [0.05, 0.1) is 22.7 Å². The number of alkyl halides is 6. The molecule has 0 aliphatic carbocycles. The van der Waals surface area contributed by atoms with Crippen LogP contribution in [0, 0.1) is 0 Å². The Balaban J connectivity index is 3.86. The average molecular weight is 325 g/mol. The standard InChI is InChI=1S/C8H6ClF5N2O2S/c9-1-4-5(7(10)11)6(19(15,17)18)3(2-16-4)8(12,13)14/h2,7H,1H2,(H2,15,17,18). The Morgan fingerprint density at radius 1 is 1.37 bits per heavy atom. The summed E-state index contributed by atoms with van der Waals surface area (Å²) in [6.07, 6.45) is -8.59. The largest absolute Gasteiger partial charge is 0.419 e. The summed E-state index contributed by atoms with van der Waals surface area (Å²) in [7, 11) is -5.02. The zero-order valence-corrected chi connectivity index (χ0v) is 10.5. The van der Waals surface area contributed by atoms with Gasteiger partial charge >= 0.3 is 6.18 Å². The van der Waals surface area contributed by atoms with Gasteiger partial charge in [0.1, 0.15) is 4.90 Å². The lowest BCUT2D eigenvalue weighted by Gasteiger charge is -2.16. The van der Waals surface area contributed by atoms with E-state index < -0.39 is 50.2 Å². The Hall–Kier alpha value is -1.00. The number of sulfonamides is 1. The van der Waals surface area contributed by atoms with Gasteiger partial charge in [0, 0.05) is 6.20 Å². The molecule has 4 nitrogen and oxygen atoms in total. The number of halogens is 6. The van der Waals surface area contributed by atoms with E-state index in [4.69, 9.17) is 11.6 Å². The third-order valence-corrected chi connectivity index (χ3v) is 3.35. The topological polar surface area (TPSA) is 73.1 Å². The fourth-order valence-electron chi connectivity index (χ4n) is 1.39. The van der Waals surface area contributed by atoms with Crippen LogP contribution in [0.15, 0.2) is 11.1 Å². The monoisotopic (exact) mass is 324 g/mol. The number of hydrogen-bond donors (Lipinski definition) is 1. The molecule has 0 unspecified atom stereocenters. The summed E-state index contributed by atoms with van der Waals surface area (Å²) in [4.78, 5) is 1.41. The van der Waals surface area contributed by atoms with Gasteiger partial charge in [-0.1, -0.05) is 0 Å². The molecule has 0 saturated carbocycles. The molecule has 0 fully saturated rings. The van der Waals surface area contributed by atoms with Crippen molar-refractivity contribution in [3.63, 3.8) is 0 Å². The van der Waals surface area contributed by atoms with Crippen molar-refractivity contribution >= 4 is 21.6 Å². The van der Waals surface area contributed by atoms with Crippen molar-refractivity contribution in [3.05, 3.63) is 23.0 Å². The lowest BCUT2D eigenvalue weighted by atomic mass is 10.1. The van der Waals surface area contributed by atoms with Crippen LogP contribution >= 0.6 is 11.6 Å². The molecular weight excluding hydrogens is 319 g/mol. The van der Waals surface area contributed by atoms with Crippen molar-refractivity contribution < 1.29 is 30.4 Å². The van der Waals surface area contributed by atoms with Gasteiger partial charge in [0.15, 0.2) is 0 Å². The molecule has 1 aromatic heterocycles. The molecule has 0 bridgehead atoms. The number of primary sulfonamides is 1. The average Bonchev–Trinajstić information content (AvgIpc) is 2.24. The van der Waals surface area contributed by atoms with Crippen molar-refractivity contribution in [2.24, 2.45) is 5.14 Å². The zero-order chi connectivity index (χ0) is 15.0. The van der Waals surface area contributed by atoms with Crippen LogP contribution in [0.2, 0.25) is 0 Å². The van der Waals surface area contributed by atoms with E-state index in [0.29, 0.717) is 0 Å². The Bertz CT molecular complexity index is 588. The smallest absolute Gasteiger partial charge is 0.259 e. The van der Waals surface area contributed by atoms with Gasteiger partial charge in [-0.25, -0.2) is 22.3 Å². The Labute approximate surface area is 109 Å². The molecule has 1 aromatic rings. The molecular formula is C8H6ClF5N2O2S. The summed E-state index contributed by atoms with van der Waals surface area (Å²) in [5.74, 6) is -0.680. The molecule has 0 radical (unpaired) electrons. The van der Waals surface area contributed by atoms with Crippen LogP contribution in [0.3, 0.4) is 0 Å². The maximum absolute atomic E-state index is 12.8. The van der Waals surface area contributed by atoms with Crippen molar-refractivity contribution in [1.29, 1.82) is 0 Å². The quantitative estimate of drug-likeness (QED) is 0.685. The van der Waals surface area contributed by atoms with Gasteiger partial charge in [-0.2, -0.15) is 13.2 Å². The second-order valence-corrected chi connectivity index (χ2v) is 5.10.